The van der Waals surface area contributed by atoms with Crippen molar-refractivity contribution >= 4 is 12.2 Å². The fourth-order valence-electron chi connectivity index (χ4n) is 0.830. The number of rotatable bonds is 1. The molecule has 86 valence electrons. The molecule has 1 aromatic heterocycles. The molecule has 0 aliphatic rings. The quantitative estimate of drug-likeness (QED) is 0.617. The Labute approximate surface area is 83.1 Å². The van der Waals surface area contributed by atoms with Crippen molar-refractivity contribution in [1.29, 1.82) is 0 Å². The van der Waals surface area contributed by atoms with E-state index in [2.05, 4.69) is 21.7 Å². The molecule has 0 radical (unpaired) electrons. The number of aromatic nitrogens is 2. The zero-order valence-corrected chi connectivity index (χ0v) is 7.43. The number of halogens is 6. The number of hydrogen-bond donors (Lipinski definition) is 1. The van der Waals surface area contributed by atoms with Crippen LogP contribution in [0.2, 0.25) is 0 Å². The van der Waals surface area contributed by atoms with E-state index in [1.165, 1.54) is 0 Å². The van der Waals surface area contributed by atoms with Gasteiger partial charge in [-0.1, -0.05) is 0 Å². The van der Waals surface area contributed by atoms with Crippen molar-refractivity contribution in [2.24, 2.45) is 0 Å². The van der Waals surface area contributed by atoms with E-state index in [4.69, 9.17) is 0 Å². The first-order chi connectivity index (χ1) is 6.62. The summed E-state index contributed by atoms with van der Waals surface area (Å²) in [5.41, 5.74) is 0. The second-order valence-electron chi connectivity index (χ2n) is 2.47. The highest BCUT2D eigenvalue weighted by molar-refractivity contribution is 7.71. The summed E-state index contributed by atoms with van der Waals surface area (Å²) in [6, 6.07) is 0. The fraction of sp³-hybridized carbons (Fsp3) is 0.600. The van der Waals surface area contributed by atoms with Gasteiger partial charge in [-0.2, -0.15) is 26.3 Å². The molecule has 0 aliphatic carbocycles. The van der Waals surface area contributed by atoms with E-state index >= 15 is 0 Å². The molecule has 1 rings (SSSR count). The average molecular weight is 252 g/mol. The van der Waals surface area contributed by atoms with Crippen molar-refractivity contribution in [1.82, 2.24) is 10.2 Å². The van der Waals surface area contributed by atoms with Gasteiger partial charge >= 0.3 is 12.4 Å². The third-order valence-corrected chi connectivity index (χ3v) is 1.53. The van der Waals surface area contributed by atoms with E-state index in [-0.39, 0.29) is 0 Å². The molecular weight excluding hydrogens is 250 g/mol. The van der Waals surface area contributed by atoms with Gasteiger partial charge in [0.05, 0.1) is 0 Å². The molecule has 0 aliphatic heterocycles. The molecule has 3 nitrogen and oxygen atoms in total. The molecule has 0 fully saturated rings. The molecule has 0 saturated heterocycles. The van der Waals surface area contributed by atoms with Crippen LogP contribution in [0.4, 0.5) is 26.3 Å². The largest absolute Gasteiger partial charge is 0.413 e. The molecule has 0 atom stereocenters. The molecule has 0 bridgehead atoms. The fourth-order valence-corrected chi connectivity index (χ4v) is 0.961. The van der Waals surface area contributed by atoms with Crippen LogP contribution >= 0.6 is 12.2 Å². The highest BCUT2D eigenvalue weighted by atomic mass is 32.1. The maximum absolute atomic E-state index is 12.0. The Morgan fingerprint density at radius 1 is 1.13 bits per heavy atom. The molecule has 10 heteroatoms. The molecular formula is C5H2F6N2OS. The predicted octanol–water partition coefficient (Wildman–Crippen LogP) is 2.94. The van der Waals surface area contributed by atoms with Gasteiger partial charge in [-0.15, -0.1) is 5.10 Å². The summed E-state index contributed by atoms with van der Waals surface area (Å²) < 4.78 is 76.3. The van der Waals surface area contributed by atoms with Crippen LogP contribution in [0.1, 0.15) is 11.8 Å². The zero-order chi connectivity index (χ0) is 11.9. The lowest BCUT2D eigenvalue weighted by Crippen LogP contribution is -2.34. The molecule has 15 heavy (non-hydrogen) atoms. The van der Waals surface area contributed by atoms with Crippen LogP contribution in [0, 0.1) is 4.84 Å². The number of nitrogens with zero attached hydrogens (tertiary/aromatic N) is 1. The van der Waals surface area contributed by atoms with E-state index in [0.717, 1.165) is 0 Å². The standard InChI is InChI=1S/C5H2F6N2OS/c6-4(7,8)1(5(9,10)11)2-12-13-3(15)14-2/h1H,(H,13,15). The third-order valence-electron chi connectivity index (χ3n) is 1.36. The van der Waals surface area contributed by atoms with Crippen LogP contribution in [0.25, 0.3) is 0 Å². The number of aromatic amines is 1. The van der Waals surface area contributed by atoms with Crippen molar-refractivity contribution < 1.29 is 30.8 Å². The Morgan fingerprint density at radius 3 is 1.87 bits per heavy atom. The smallest absolute Gasteiger partial charge is 0.409 e. The summed E-state index contributed by atoms with van der Waals surface area (Å²) in [5.74, 6) is -5.31. The van der Waals surface area contributed by atoms with Crippen LogP contribution < -0.4 is 0 Å². The minimum atomic E-state index is -5.53. The van der Waals surface area contributed by atoms with Gasteiger partial charge in [0.2, 0.25) is 11.8 Å². The molecule has 1 aromatic rings. The highest BCUT2D eigenvalue weighted by Gasteiger charge is 2.60. The molecule has 0 aromatic carbocycles. The van der Waals surface area contributed by atoms with Crippen molar-refractivity contribution in [2.75, 3.05) is 0 Å². The van der Waals surface area contributed by atoms with E-state index in [1.54, 1.807) is 5.10 Å². The summed E-state index contributed by atoms with van der Waals surface area (Å²) in [5, 5.41) is 4.40. The van der Waals surface area contributed by atoms with Crippen LogP contribution in [0.15, 0.2) is 4.42 Å². The van der Waals surface area contributed by atoms with E-state index in [0.29, 0.717) is 0 Å². The van der Waals surface area contributed by atoms with Gasteiger partial charge in [0, 0.05) is 0 Å². The molecule has 0 unspecified atom stereocenters. The Balaban J connectivity index is 3.19. The van der Waals surface area contributed by atoms with E-state index in [9.17, 15) is 26.3 Å². The normalized spacial score (nSPS) is 13.5. The van der Waals surface area contributed by atoms with Gasteiger partial charge in [-0.3, -0.25) is 0 Å². The minimum absolute atomic E-state index is 0.650. The Hall–Kier alpha value is -1.06. The molecule has 1 N–H and O–H groups in total. The molecule has 0 saturated carbocycles. The lowest BCUT2D eigenvalue weighted by atomic mass is 10.1. The van der Waals surface area contributed by atoms with Gasteiger partial charge in [0.1, 0.15) is 0 Å². The van der Waals surface area contributed by atoms with Crippen molar-refractivity contribution in [3.05, 3.63) is 10.7 Å². The van der Waals surface area contributed by atoms with E-state index < -0.39 is 29.0 Å². The second kappa shape index (κ2) is 3.51. The SMILES string of the molecule is FC(F)(F)C(c1n[nH]c(=S)o1)C(F)(F)F. The van der Waals surface area contributed by atoms with Gasteiger partial charge in [-0.25, -0.2) is 5.10 Å². The van der Waals surface area contributed by atoms with Crippen LogP contribution in [-0.4, -0.2) is 22.5 Å². The maximum Gasteiger partial charge on any atom is 0.409 e. The number of H-pyrrole nitrogens is 1. The lowest BCUT2D eigenvalue weighted by Gasteiger charge is -2.19. The van der Waals surface area contributed by atoms with Gasteiger partial charge in [-0.05, 0) is 12.2 Å². The first-order valence-electron chi connectivity index (χ1n) is 3.31. The van der Waals surface area contributed by atoms with Gasteiger partial charge in [0.25, 0.3) is 4.84 Å². The number of alkyl halides is 6. The molecule has 0 spiro atoms. The minimum Gasteiger partial charge on any atom is -0.413 e. The Kier molecular flexibility index (Phi) is 2.81. The van der Waals surface area contributed by atoms with Crippen LogP contribution in [0.5, 0.6) is 0 Å². The summed E-state index contributed by atoms with van der Waals surface area (Å²) in [6.07, 6.45) is -11.1. The zero-order valence-electron chi connectivity index (χ0n) is 6.61. The summed E-state index contributed by atoms with van der Waals surface area (Å²) >= 11 is 4.18. The third kappa shape index (κ3) is 2.70. The molecule has 0 amide bonds. The van der Waals surface area contributed by atoms with Crippen molar-refractivity contribution in [3.63, 3.8) is 0 Å². The average Bonchev–Trinajstić information content (AvgIpc) is 2.28. The highest BCUT2D eigenvalue weighted by Crippen LogP contribution is 2.45. The summed E-state index contributed by atoms with van der Waals surface area (Å²) in [6.45, 7) is 0. The molecule has 1 heterocycles. The summed E-state index contributed by atoms with van der Waals surface area (Å²) in [4.78, 5) is -0.650. The topological polar surface area (TPSA) is 41.8 Å². The lowest BCUT2D eigenvalue weighted by molar-refractivity contribution is -0.258. The maximum atomic E-state index is 12.0. The first-order valence-corrected chi connectivity index (χ1v) is 3.72. The summed E-state index contributed by atoms with van der Waals surface area (Å²) in [7, 11) is 0. The first kappa shape index (κ1) is 12.0. The van der Waals surface area contributed by atoms with Crippen molar-refractivity contribution in [3.8, 4) is 0 Å². The monoisotopic (exact) mass is 252 g/mol. The van der Waals surface area contributed by atoms with Crippen molar-refractivity contribution in [2.45, 2.75) is 18.3 Å². The number of hydrogen-bond acceptors (Lipinski definition) is 3. The van der Waals surface area contributed by atoms with Crippen LogP contribution in [-0.2, 0) is 0 Å². The Morgan fingerprint density at radius 2 is 1.60 bits per heavy atom. The van der Waals surface area contributed by atoms with E-state index in [1.807, 2.05) is 0 Å². The van der Waals surface area contributed by atoms with Gasteiger partial charge < -0.3 is 4.42 Å². The van der Waals surface area contributed by atoms with Gasteiger partial charge in [0.15, 0.2) is 0 Å². The predicted molar refractivity (Wildman–Crippen MR) is 36.5 cm³/mol. The second-order valence-corrected chi connectivity index (χ2v) is 2.84. The Bertz CT molecular complexity index is 375. The van der Waals surface area contributed by atoms with Crippen LogP contribution in [0.3, 0.4) is 0 Å². The number of nitrogens with one attached hydrogen (secondary N) is 1.